The first-order valence-electron chi connectivity index (χ1n) is 4.27. The van der Waals surface area contributed by atoms with Crippen LogP contribution in [0.4, 0.5) is 0 Å². The molecule has 2 rings (SSSR count). The van der Waals surface area contributed by atoms with Gasteiger partial charge in [0.25, 0.3) is 0 Å². The van der Waals surface area contributed by atoms with Crippen LogP contribution in [0.25, 0.3) is 11.3 Å². The average molecular weight is 240 g/mol. The van der Waals surface area contributed by atoms with Gasteiger partial charge in [0.05, 0.1) is 5.02 Å². The van der Waals surface area contributed by atoms with Gasteiger partial charge in [-0.25, -0.2) is 4.79 Å². The van der Waals surface area contributed by atoms with Crippen molar-refractivity contribution in [3.63, 3.8) is 0 Å². The SMILES string of the molecule is O=C(O)c1cc(-c2cc(O)ccc2Cl)on1. The Hall–Kier alpha value is -2.01. The number of hydrogen-bond acceptors (Lipinski definition) is 4. The van der Waals surface area contributed by atoms with Gasteiger partial charge in [0.15, 0.2) is 11.5 Å². The van der Waals surface area contributed by atoms with Crippen molar-refractivity contribution in [3.8, 4) is 17.1 Å². The standard InChI is InChI=1S/C10H6ClNO4/c11-7-2-1-5(13)3-6(7)9-4-8(10(14)15)12-16-9/h1-4,13H,(H,14,15). The molecule has 16 heavy (non-hydrogen) atoms. The van der Waals surface area contributed by atoms with Crippen molar-refractivity contribution in [1.82, 2.24) is 5.16 Å². The second-order valence-corrected chi connectivity index (χ2v) is 3.45. The number of benzene rings is 1. The van der Waals surface area contributed by atoms with Crippen molar-refractivity contribution in [1.29, 1.82) is 0 Å². The van der Waals surface area contributed by atoms with Gasteiger partial charge < -0.3 is 14.7 Å². The van der Waals surface area contributed by atoms with Gasteiger partial charge in [-0.3, -0.25) is 0 Å². The zero-order valence-corrected chi connectivity index (χ0v) is 8.60. The van der Waals surface area contributed by atoms with E-state index in [9.17, 15) is 9.90 Å². The first-order chi connectivity index (χ1) is 7.58. The quantitative estimate of drug-likeness (QED) is 0.841. The van der Waals surface area contributed by atoms with Crippen LogP contribution in [0.2, 0.25) is 5.02 Å². The fourth-order valence-corrected chi connectivity index (χ4v) is 1.42. The maximum atomic E-state index is 10.6. The Kier molecular flexibility index (Phi) is 2.54. The predicted molar refractivity (Wildman–Crippen MR) is 55.6 cm³/mol. The van der Waals surface area contributed by atoms with Crippen LogP contribution in [0.3, 0.4) is 0 Å². The molecule has 82 valence electrons. The summed E-state index contributed by atoms with van der Waals surface area (Å²) in [6.45, 7) is 0. The molecule has 0 atom stereocenters. The van der Waals surface area contributed by atoms with E-state index in [2.05, 4.69) is 5.16 Å². The summed E-state index contributed by atoms with van der Waals surface area (Å²) in [5, 5.41) is 21.6. The molecule has 0 saturated heterocycles. The monoisotopic (exact) mass is 239 g/mol. The first-order valence-corrected chi connectivity index (χ1v) is 4.64. The fraction of sp³-hybridized carbons (Fsp3) is 0. The largest absolute Gasteiger partial charge is 0.508 e. The van der Waals surface area contributed by atoms with E-state index in [4.69, 9.17) is 21.2 Å². The summed E-state index contributed by atoms with van der Waals surface area (Å²) in [7, 11) is 0. The summed E-state index contributed by atoms with van der Waals surface area (Å²) >= 11 is 5.87. The lowest BCUT2D eigenvalue weighted by molar-refractivity contribution is 0.0686. The number of aromatic hydroxyl groups is 1. The van der Waals surface area contributed by atoms with E-state index in [0.717, 1.165) is 0 Å². The lowest BCUT2D eigenvalue weighted by Gasteiger charge is -1.99. The molecule has 0 amide bonds. The summed E-state index contributed by atoms with van der Waals surface area (Å²) < 4.78 is 4.82. The maximum absolute atomic E-state index is 10.6. The minimum Gasteiger partial charge on any atom is -0.508 e. The van der Waals surface area contributed by atoms with Crippen molar-refractivity contribution in [3.05, 3.63) is 35.0 Å². The summed E-state index contributed by atoms with van der Waals surface area (Å²) in [6, 6.07) is 5.51. The molecule has 0 aliphatic carbocycles. The molecular formula is C10H6ClNO4. The van der Waals surface area contributed by atoms with Gasteiger partial charge in [0, 0.05) is 11.6 Å². The number of aromatic carboxylic acids is 1. The molecule has 0 saturated carbocycles. The van der Waals surface area contributed by atoms with E-state index in [1.165, 1.54) is 24.3 Å². The summed E-state index contributed by atoms with van der Waals surface area (Å²) in [4.78, 5) is 10.6. The highest BCUT2D eigenvalue weighted by atomic mass is 35.5. The number of hydrogen-bond donors (Lipinski definition) is 2. The number of carboxylic acid groups (broad SMARTS) is 1. The van der Waals surface area contributed by atoms with Crippen LogP contribution >= 0.6 is 11.6 Å². The van der Waals surface area contributed by atoms with Crippen molar-refractivity contribution in [2.75, 3.05) is 0 Å². The predicted octanol–water partition coefficient (Wildman–Crippen LogP) is 2.40. The molecule has 0 spiro atoms. The molecule has 1 heterocycles. The van der Waals surface area contributed by atoms with Gasteiger partial charge in [-0.2, -0.15) is 0 Å². The van der Waals surface area contributed by atoms with E-state index in [1.54, 1.807) is 0 Å². The summed E-state index contributed by atoms with van der Waals surface area (Å²) in [5.41, 5.74) is 0.177. The molecule has 1 aromatic heterocycles. The zero-order chi connectivity index (χ0) is 11.7. The second kappa shape index (κ2) is 3.86. The minimum absolute atomic E-state index is 0.00711. The van der Waals surface area contributed by atoms with Gasteiger partial charge in [0.2, 0.25) is 0 Å². The number of carboxylic acids is 1. The topological polar surface area (TPSA) is 83.6 Å². The third kappa shape index (κ3) is 1.85. The van der Waals surface area contributed by atoms with Crippen LogP contribution in [0, 0.1) is 0 Å². The first kappa shape index (κ1) is 10.5. The van der Waals surface area contributed by atoms with E-state index < -0.39 is 5.97 Å². The average Bonchev–Trinajstić information content (AvgIpc) is 2.70. The van der Waals surface area contributed by atoms with Gasteiger partial charge in [-0.05, 0) is 18.2 Å². The highest BCUT2D eigenvalue weighted by Crippen LogP contribution is 2.31. The fourth-order valence-electron chi connectivity index (χ4n) is 1.21. The second-order valence-electron chi connectivity index (χ2n) is 3.05. The normalized spacial score (nSPS) is 10.3. The smallest absolute Gasteiger partial charge is 0.358 e. The lowest BCUT2D eigenvalue weighted by atomic mass is 10.1. The van der Waals surface area contributed by atoms with E-state index >= 15 is 0 Å². The van der Waals surface area contributed by atoms with Crippen LogP contribution in [0.1, 0.15) is 10.5 Å². The number of halogens is 1. The lowest BCUT2D eigenvalue weighted by Crippen LogP contribution is -1.94. The number of aromatic nitrogens is 1. The van der Waals surface area contributed by atoms with Gasteiger partial charge in [0.1, 0.15) is 5.75 Å². The molecule has 0 radical (unpaired) electrons. The Morgan fingerprint density at radius 2 is 2.12 bits per heavy atom. The molecule has 0 aliphatic rings. The van der Waals surface area contributed by atoms with Crippen LogP contribution in [0.5, 0.6) is 5.75 Å². The molecule has 5 nitrogen and oxygen atoms in total. The van der Waals surface area contributed by atoms with Crippen LogP contribution in [-0.4, -0.2) is 21.3 Å². The number of rotatable bonds is 2. The highest BCUT2D eigenvalue weighted by molar-refractivity contribution is 6.33. The Labute approximate surface area is 94.9 Å². The number of carbonyl (C=O) groups is 1. The van der Waals surface area contributed by atoms with Gasteiger partial charge >= 0.3 is 5.97 Å². The van der Waals surface area contributed by atoms with Gasteiger partial charge in [-0.1, -0.05) is 16.8 Å². The Balaban J connectivity index is 2.50. The van der Waals surface area contributed by atoms with E-state index in [-0.39, 0.29) is 17.2 Å². The molecule has 2 aromatic rings. The minimum atomic E-state index is -1.19. The third-order valence-electron chi connectivity index (χ3n) is 1.94. The summed E-state index contributed by atoms with van der Waals surface area (Å²) in [6.07, 6.45) is 0. The highest BCUT2D eigenvalue weighted by Gasteiger charge is 2.14. The zero-order valence-electron chi connectivity index (χ0n) is 7.85. The molecular weight excluding hydrogens is 234 g/mol. The Morgan fingerprint density at radius 3 is 2.75 bits per heavy atom. The Morgan fingerprint density at radius 1 is 1.38 bits per heavy atom. The van der Waals surface area contributed by atoms with Gasteiger partial charge in [-0.15, -0.1) is 0 Å². The van der Waals surface area contributed by atoms with Crippen LogP contribution < -0.4 is 0 Å². The van der Waals surface area contributed by atoms with Crippen molar-refractivity contribution < 1.29 is 19.5 Å². The maximum Gasteiger partial charge on any atom is 0.358 e. The molecule has 0 aliphatic heterocycles. The third-order valence-corrected chi connectivity index (χ3v) is 2.27. The molecule has 6 heteroatoms. The molecule has 1 aromatic carbocycles. The number of nitrogens with zero attached hydrogens (tertiary/aromatic N) is 1. The van der Waals surface area contributed by atoms with Crippen molar-refractivity contribution >= 4 is 17.6 Å². The molecule has 2 N–H and O–H groups in total. The van der Waals surface area contributed by atoms with Crippen molar-refractivity contribution in [2.24, 2.45) is 0 Å². The van der Waals surface area contributed by atoms with E-state index in [1.807, 2.05) is 0 Å². The molecule has 0 fully saturated rings. The number of phenolic OH excluding ortho intramolecular Hbond substituents is 1. The van der Waals surface area contributed by atoms with E-state index in [0.29, 0.717) is 10.6 Å². The number of phenols is 1. The summed E-state index contributed by atoms with van der Waals surface area (Å²) in [5.74, 6) is -0.989. The van der Waals surface area contributed by atoms with Crippen LogP contribution in [-0.2, 0) is 0 Å². The molecule has 0 unspecified atom stereocenters. The van der Waals surface area contributed by atoms with Crippen molar-refractivity contribution in [2.45, 2.75) is 0 Å². The van der Waals surface area contributed by atoms with Crippen LogP contribution in [0.15, 0.2) is 28.8 Å². The Bertz CT molecular complexity index is 550. The molecule has 0 bridgehead atoms.